The lowest BCUT2D eigenvalue weighted by Crippen LogP contribution is -2.32. The number of Topliss-reactive ketones (excluding diaryl/α,β-unsaturated/α-hetero) is 1. The predicted octanol–water partition coefficient (Wildman–Crippen LogP) is 1.67. The van der Waals surface area contributed by atoms with E-state index in [1.165, 1.54) is 5.56 Å². The van der Waals surface area contributed by atoms with E-state index in [1.807, 2.05) is 52.3 Å². The van der Waals surface area contributed by atoms with Gasteiger partial charge in [0.2, 0.25) is 0 Å². The minimum absolute atomic E-state index is 0.186. The quantitative estimate of drug-likeness (QED) is 0.700. The van der Waals surface area contributed by atoms with Crippen molar-refractivity contribution >= 4 is 5.78 Å². The highest BCUT2D eigenvalue weighted by Crippen LogP contribution is 2.04. The second kappa shape index (κ2) is 6.52. The Balaban J connectivity index is 2.46. The number of likely N-dealkylation sites (N-methyl/N-ethyl adjacent to an activating group) is 2. The molecule has 0 N–H and O–H groups in total. The molecule has 1 rings (SSSR count). The van der Waals surface area contributed by atoms with Crippen LogP contribution in [0.1, 0.15) is 15.9 Å². The molecule has 1 aromatic carbocycles. The van der Waals surface area contributed by atoms with Crippen LogP contribution in [-0.2, 0) is 0 Å². The maximum Gasteiger partial charge on any atom is 0.176 e. The lowest BCUT2D eigenvalue weighted by molar-refractivity contribution is 0.0942. The highest BCUT2D eigenvalue weighted by Gasteiger charge is 2.08. The Morgan fingerprint density at radius 3 is 2.18 bits per heavy atom. The van der Waals surface area contributed by atoms with Crippen molar-refractivity contribution in [1.29, 1.82) is 0 Å². The molecule has 0 fully saturated rings. The minimum atomic E-state index is 0.186. The van der Waals surface area contributed by atoms with Crippen molar-refractivity contribution in [3.63, 3.8) is 0 Å². The van der Waals surface area contributed by atoms with Gasteiger partial charge >= 0.3 is 0 Å². The van der Waals surface area contributed by atoms with E-state index in [1.54, 1.807) is 0 Å². The van der Waals surface area contributed by atoms with E-state index in [4.69, 9.17) is 0 Å². The molecule has 1 aromatic rings. The number of rotatable bonds is 6. The van der Waals surface area contributed by atoms with Crippen LogP contribution in [0.3, 0.4) is 0 Å². The largest absolute Gasteiger partial charge is 0.308 e. The molecule has 17 heavy (non-hydrogen) atoms. The van der Waals surface area contributed by atoms with Crippen molar-refractivity contribution < 1.29 is 4.79 Å². The van der Waals surface area contributed by atoms with Gasteiger partial charge in [0.15, 0.2) is 5.78 Å². The Kier molecular flexibility index (Phi) is 5.32. The fourth-order valence-electron chi connectivity index (χ4n) is 1.53. The van der Waals surface area contributed by atoms with Crippen LogP contribution in [0.15, 0.2) is 24.3 Å². The molecule has 0 spiro atoms. The molecule has 94 valence electrons. The lowest BCUT2D eigenvalue weighted by atomic mass is 10.1. The molecule has 0 aliphatic heterocycles. The number of carbonyl (C=O) groups excluding carboxylic acids is 1. The summed E-state index contributed by atoms with van der Waals surface area (Å²) < 4.78 is 0. The van der Waals surface area contributed by atoms with Crippen molar-refractivity contribution in [2.24, 2.45) is 0 Å². The molecule has 0 saturated carbocycles. The number of hydrogen-bond acceptors (Lipinski definition) is 3. The van der Waals surface area contributed by atoms with Crippen molar-refractivity contribution in [2.75, 3.05) is 40.8 Å². The minimum Gasteiger partial charge on any atom is -0.308 e. The number of nitrogens with zero attached hydrogens (tertiary/aromatic N) is 2. The maximum absolute atomic E-state index is 12.0. The van der Waals surface area contributed by atoms with Crippen LogP contribution in [0.25, 0.3) is 0 Å². The molecule has 3 nitrogen and oxygen atoms in total. The summed E-state index contributed by atoms with van der Waals surface area (Å²) >= 11 is 0. The molecule has 0 radical (unpaired) electrons. The zero-order valence-electron chi connectivity index (χ0n) is 11.2. The van der Waals surface area contributed by atoms with Crippen LogP contribution < -0.4 is 0 Å². The second-order valence-corrected chi connectivity index (χ2v) is 4.83. The topological polar surface area (TPSA) is 23.6 Å². The van der Waals surface area contributed by atoms with E-state index in [2.05, 4.69) is 9.80 Å². The van der Waals surface area contributed by atoms with Crippen molar-refractivity contribution in [1.82, 2.24) is 9.80 Å². The number of ketones is 1. The molecule has 0 bridgehead atoms. The molecule has 3 heteroatoms. The Labute approximate surface area is 104 Å². The Morgan fingerprint density at radius 2 is 1.65 bits per heavy atom. The fourth-order valence-corrected chi connectivity index (χ4v) is 1.53. The van der Waals surface area contributed by atoms with Crippen LogP contribution in [0.5, 0.6) is 0 Å². The van der Waals surface area contributed by atoms with Gasteiger partial charge in [-0.2, -0.15) is 0 Å². The molecule has 0 aliphatic rings. The molecule has 0 heterocycles. The predicted molar refractivity (Wildman–Crippen MR) is 71.6 cm³/mol. The molecule has 0 aliphatic carbocycles. The van der Waals surface area contributed by atoms with Crippen LogP contribution in [0, 0.1) is 6.92 Å². The Hall–Kier alpha value is -1.19. The first-order valence-corrected chi connectivity index (χ1v) is 5.92. The maximum atomic E-state index is 12.0. The zero-order chi connectivity index (χ0) is 12.8. The SMILES string of the molecule is Cc1ccc(C(=O)CN(C)CCN(C)C)cc1. The number of carbonyl (C=O) groups is 1. The van der Waals surface area contributed by atoms with E-state index in [-0.39, 0.29) is 5.78 Å². The number of aryl methyl sites for hydroxylation is 1. The van der Waals surface area contributed by atoms with Crippen LogP contribution in [-0.4, -0.2) is 56.4 Å². The van der Waals surface area contributed by atoms with Gasteiger partial charge in [-0.3, -0.25) is 9.69 Å². The Bertz CT molecular complexity index is 357. The number of benzene rings is 1. The third-order valence-electron chi connectivity index (χ3n) is 2.72. The smallest absolute Gasteiger partial charge is 0.176 e. The summed E-state index contributed by atoms with van der Waals surface area (Å²) in [6.45, 7) is 4.39. The first-order chi connectivity index (χ1) is 7.99. The molecule has 0 aromatic heterocycles. The van der Waals surface area contributed by atoms with E-state index < -0.39 is 0 Å². The summed E-state index contributed by atoms with van der Waals surface area (Å²) in [6, 6.07) is 7.76. The molecular formula is C14H22N2O. The average Bonchev–Trinajstić information content (AvgIpc) is 2.27. The van der Waals surface area contributed by atoms with Gasteiger partial charge in [0.05, 0.1) is 6.54 Å². The summed E-state index contributed by atoms with van der Waals surface area (Å²) in [6.07, 6.45) is 0. The highest BCUT2D eigenvalue weighted by molar-refractivity contribution is 5.97. The summed E-state index contributed by atoms with van der Waals surface area (Å²) in [4.78, 5) is 16.1. The lowest BCUT2D eigenvalue weighted by Gasteiger charge is -2.18. The van der Waals surface area contributed by atoms with Gasteiger partial charge in [0.1, 0.15) is 0 Å². The van der Waals surface area contributed by atoms with Crippen LogP contribution in [0.2, 0.25) is 0 Å². The van der Waals surface area contributed by atoms with Crippen LogP contribution >= 0.6 is 0 Å². The van der Waals surface area contributed by atoms with E-state index in [0.29, 0.717) is 6.54 Å². The van der Waals surface area contributed by atoms with E-state index in [9.17, 15) is 4.79 Å². The summed E-state index contributed by atoms with van der Waals surface area (Å²) in [5.74, 6) is 0.186. The van der Waals surface area contributed by atoms with E-state index >= 15 is 0 Å². The van der Waals surface area contributed by atoms with Crippen molar-refractivity contribution in [3.05, 3.63) is 35.4 Å². The summed E-state index contributed by atoms with van der Waals surface area (Å²) in [5, 5.41) is 0. The second-order valence-electron chi connectivity index (χ2n) is 4.83. The van der Waals surface area contributed by atoms with Gasteiger partial charge in [0, 0.05) is 18.7 Å². The third kappa shape index (κ3) is 5.11. The van der Waals surface area contributed by atoms with E-state index in [0.717, 1.165) is 18.7 Å². The number of hydrogen-bond donors (Lipinski definition) is 0. The molecule has 0 amide bonds. The average molecular weight is 234 g/mol. The van der Waals surface area contributed by atoms with Gasteiger partial charge < -0.3 is 4.90 Å². The van der Waals surface area contributed by atoms with Crippen molar-refractivity contribution in [2.45, 2.75) is 6.92 Å². The van der Waals surface area contributed by atoms with Gasteiger partial charge in [-0.15, -0.1) is 0 Å². The molecule has 0 atom stereocenters. The molecule has 0 unspecified atom stereocenters. The fraction of sp³-hybridized carbons (Fsp3) is 0.500. The first-order valence-electron chi connectivity index (χ1n) is 5.92. The molecular weight excluding hydrogens is 212 g/mol. The Morgan fingerprint density at radius 1 is 1.06 bits per heavy atom. The monoisotopic (exact) mass is 234 g/mol. The zero-order valence-corrected chi connectivity index (χ0v) is 11.2. The van der Waals surface area contributed by atoms with Gasteiger partial charge in [-0.1, -0.05) is 29.8 Å². The summed E-state index contributed by atoms with van der Waals surface area (Å²) in [7, 11) is 6.06. The van der Waals surface area contributed by atoms with Gasteiger partial charge in [-0.25, -0.2) is 0 Å². The standard InChI is InChI=1S/C14H22N2O/c1-12-5-7-13(8-6-12)14(17)11-16(4)10-9-15(2)3/h5-8H,9-11H2,1-4H3. The van der Waals surface area contributed by atoms with Crippen LogP contribution in [0.4, 0.5) is 0 Å². The first kappa shape index (κ1) is 13.9. The third-order valence-corrected chi connectivity index (χ3v) is 2.72. The molecule has 0 saturated heterocycles. The highest BCUT2D eigenvalue weighted by atomic mass is 16.1. The summed E-state index contributed by atoms with van der Waals surface area (Å²) in [5.41, 5.74) is 1.98. The van der Waals surface area contributed by atoms with Crippen molar-refractivity contribution in [3.8, 4) is 0 Å². The van der Waals surface area contributed by atoms with Gasteiger partial charge in [0.25, 0.3) is 0 Å². The normalized spacial score (nSPS) is 11.2. The van der Waals surface area contributed by atoms with Gasteiger partial charge in [-0.05, 0) is 28.1 Å².